The van der Waals surface area contributed by atoms with Gasteiger partial charge in [-0.15, -0.1) is 11.3 Å². The lowest BCUT2D eigenvalue weighted by molar-refractivity contribution is 0.505. The van der Waals surface area contributed by atoms with Gasteiger partial charge in [0.15, 0.2) is 0 Å². The zero-order valence-electron chi connectivity index (χ0n) is 13.9. The van der Waals surface area contributed by atoms with Crippen LogP contribution in [0.15, 0.2) is 12.1 Å². The van der Waals surface area contributed by atoms with Crippen molar-refractivity contribution in [3.63, 3.8) is 0 Å². The van der Waals surface area contributed by atoms with Crippen molar-refractivity contribution in [1.29, 1.82) is 0 Å². The maximum absolute atomic E-state index is 4.53. The molecule has 0 aliphatic rings. The fraction of sp³-hybridized carbons (Fsp3) is 0.588. The zero-order chi connectivity index (χ0) is 15.4. The average molecular weight is 305 g/mol. The van der Waals surface area contributed by atoms with Crippen LogP contribution in [0.4, 0.5) is 0 Å². The van der Waals surface area contributed by atoms with Gasteiger partial charge in [0.1, 0.15) is 0 Å². The molecule has 2 aromatic heterocycles. The second-order valence-electron chi connectivity index (χ2n) is 5.77. The van der Waals surface area contributed by atoms with E-state index in [4.69, 9.17) is 0 Å². The molecule has 1 atom stereocenters. The SMILES string of the molecule is CCCNC(CCc1c(C)nn(C)c1C)c1ccc(C)s1. The molecule has 0 aliphatic carbocycles. The van der Waals surface area contributed by atoms with Crippen LogP contribution >= 0.6 is 11.3 Å². The highest BCUT2D eigenvalue weighted by molar-refractivity contribution is 7.12. The summed E-state index contributed by atoms with van der Waals surface area (Å²) in [5.41, 5.74) is 3.88. The summed E-state index contributed by atoms with van der Waals surface area (Å²) in [6.45, 7) is 9.76. The first kappa shape index (κ1) is 16.2. The number of aryl methyl sites for hydroxylation is 3. The number of aromatic nitrogens is 2. The predicted octanol–water partition coefficient (Wildman–Crippen LogP) is 4.08. The summed E-state index contributed by atoms with van der Waals surface area (Å²) in [5, 5.41) is 8.22. The number of hydrogen-bond donors (Lipinski definition) is 1. The summed E-state index contributed by atoms with van der Waals surface area (Å²) < 4.78 is 1.99. The molecule has 0 amide bonds. The minimum Gasteiger partial charge on any atom is -0.309 e. The zero-order valence-corrected chi connectivity index (χ0v) is 14.7. The number of nitrogens with one attached hydrogen (secondary N) is 1. The fourth-order valence-corrected chi connectivity index (χ4v) is 3.76. The van der Waals surface area contributed by atoms with E-state index < -0.39 is 0 Å². The summed E-state index contributed by atoms with van der Waals surface area (Å²) in [6.07, 6.45) is 3.39. The fourth-order valence-electron chi connectivity index (χ4n) is 2.77. The van der Waals surface area contributed by atoms with Gasteiger partial charge in [-0.25, -0.2) is 0 Å². The molecule has 116 valence electrons. The standard InChI is InChI=1S/C17H27N3S/c1-6-11-18-16(17-10-7-12(2)21-17)9-8-15-13(3)19-20(5)14(15)4/h7,10,16,18H,6,8-9,11H2,1-5H3. The lowest BCUT2D eigenvalue weighted by Gasteiger charge is -2.17. The molecule has 0 saturated heterocycles. The predicted molar refractivity (Wildman–Crippen MR) is 91.1 cm³/mol. The maximum Gasteiger partial charge on any atom is 0.0628 e. The second kappa shape index (κ2) is 7.23. The molecule has 0 spiro atoms. The van der Waals surface area contributed by atoms with E-state index in [1.54, 1.807) is 0 Å². The van der Waals surface area contributed by atoms with Gasteiger partial charge in [0.2, 0.25) is 0 Å². The first-order chi connectivity index (χ1) is 10.0. The molecule has 4 heteroatoms. The Morgan fingerprint density at radius 3 is 2.57 bits per heavy atom. The van der Waals surface area contributed by atoms with Crippen LogP contribution in [-0.2, 0) is 13.5 Å². The van der Waals surface area contributed by atoms with Gasteiger partial charge >= 0.3 is 0 Å². The van der Waals surface area contributed by atoms with E-state index in [0.717, 1.165) is 19.4 Å². The minimum absolute atomic E-state index is 0.461. The molecule has 0 saturated carbocycles. The van der Waals surface area contributed by atoms with Gasteiger partial charge in [-0.1, -0.05) is 6.92 Å². The molecule has 0 aliphatic heterocycles. The molecule has 2 rings (SSSR count). The Balaban J connectivity index is 2.08. The monoisotopic (exact) mass is 305 g/mol. The topological polar surface area (TPSA) is 29.9 Å². The van der Waals surface area contributed by atoms with Gasteiger partial charge in [-0.05, 0) is 64.3 Å². The van der Waals surface area contributed by atoms with Crippen molar-refractivity contribution < 1.29 is 0 Å². The minimum atomic E-state index is 0.461. The molecule has 0 fully saturated rings. The number of nitrogens with zero attached hydrogens (tertiary/aromatic N) is 2. The lowest BCUT2D eigenvalue weighted by Crippen LogP contribution is -2.22. The quantitative estimate of drug-likeness (QED) is 0.835. The van der Waals surface area contributed by atoms with Gasteiger partial charge in [0, 0.05) is 28.5 Å². The molecular weight excluding hydrogens is 278 g/mol. The van der Waals surface area contributed by atoms with Crippen molar-refractivity contribution in [2.24, 2.45) is 7.05 Å². The molecule has 3 nitrogen and oxygen atoms in total. The normalized spacial score (nSPS) is 12.8. The van der Waals surface area contributed by atoms with Crippen LogP contribution in [0.1, 0.15) is 52.5 Å². The second-order valence-corrected chi connectivity index (χ2v) is 7.09. The molecule has 2 aromatic rings. The van der Waals surface area contributed by atoms with Gasteiger partial charge in [0.05, 0.1) is 5.69 Å². The van der Waals surface area contributed by atoms with E-state index in [1.807, 2.05) is 23.1 Å². The highest BCUT2D eigenvalue weighted by atomic mass is 32.1. The Hall–Kier alpha value is -1.13. The van der Waals surface area contributed by atoms with E-state index in [2.05, 4.69) is 50.2 Å². The summed E-state index contributed by atoms with van der Waals surface area (Å²) in [6, 6.07) is 4.96. The molecular formula is C17H27N3S. The molecule has 1 N–H and O–H groups in total. The first-order valence-electron chi connectivity index (χ1n) is 7.81. The van der Waals surface area contributed by atoms with Crippen LogP contribution in [0, 0.1) is 20.8 Å². The van der Waals surface area contributed by atoms with Crippen molar-refractivity contribution >= 4 is 11.3 Å². The highest BCUT2D eigenvalue weighted by Gasteiger charge is 2.16. The van der Waals surface area contributed by atoms with Crippen LogP contribution in [-0.4, -0.2) is 16.3 Å². The Kier molecular flexibility index (Phi) is 5.59. The van der Waals surface area contributed by atoms with E-state index >= 15 is 0 Å². The summed E-state index contributed by atoms with van der Waals surface area (Å²) in [5.74, 6) is 0. The third kappa shape index (κ3) is 3.95. The summed E-state index contributed by atoms with van der Waals surface area (Å²) in [4.78, 5) is 2.85. The lowest BCUT2D eigenvalue weighted by atomic mass is 10.0. The average Bonchev–Trinajstić information content (AvgIpc) is 2.97. The van der Waals surface area contributed by atoms with E-state index in [1.165, 1.54) is 33.1 Å². The summed E-state index contributed by atoms with van der Waals surface area (Å²) in [7, 11) is 2.03. The molecule has 1 unspecified atom stereocenters. The summed E-state index contributed by atoms with van der Waals surface area (Å²) >= 11 is 1.91. The van der Waals surface area contributed by atoms with Crippen LogP contribution in [0.25, 0.3) is 0 Å². The third-order valence-electron chi connectivity index (χ3n) is 4.09. The number of hydrogen-bond acceptors (Lipinski definition) is 3. The van der Waals surface area contributed by atoms with Crippen LogP contribution < -0.4 is 5.32 Å². The van der Waals surface area contributed by atoms with Crippen molar-refractivity contribution in [1.82, 2.24) is 15.1 Å². The largest absolute Gasteiger partial charge is 0.309 e. The molecule has 2 heterocycles. The maximum atomic E-state index is 4.53. The molecule has 0 bridgehead atoms. The van der Waals surface area contributed by atoms with E-state index in [-0.39, 0.29) is 0 Å². The molecule has 21 heavy (non-hydrogen) atoms. The van der Waals surface area contributed by atoms with Crippen LogP contribution in [0.2, 0.25) is 0 Å². The molecule has 0 aromatic carbocycles. The van der Waals surface area contributed by atoms with Crippen molar-refractivity contribution in [2.75, 3.05) is 6.54 Å². The third-order valence-corrected chi connectivity index (χ3v) is 5.20. The van der Waals surface area contributed by atoms with Gasteiger partial charge in [-0.3, -0.25) is 4.68 Å². The van der Waals surface area contributed by atoms with Crippen molar-refractivity contribution in [3.05, 3.63) is 38.8 Å². The Morgan fingerprint density at radius 1 is 1.29 bits per heavy atom. The number of thiophene rings is 1. The Morgan fingerprint density at radius 2 is 2.05 bits per heavy atom. The van der Waals surface area contributed by atoms with Crippen LogP contribution in [0.5, 0.6) is 0 Å². The highest BCUT2D eigenvalue weighted by Crippen LogP contribution is 2.27. The molecule has 0 radical (unpaired) electrons. The Labute approximate surface area is 132 Å². The van der Waals surface area contributed by atoms with E-state index in [0.29, 0.717) is 6.04 Å². The van der Waals surface area contributed by atoms with Gasteiger partial charge in [0.25, 0.3) is 0 Å². The smallest absolute Gasteiger partial charge is 0.0628 e. The van der Waals surface area contributed by atoms with Crippen molar-refractivity contribution in [2.45, 2.75) is 53.0 Å². The van der Waals surface area contributed by atoms with Crippen molar-refractivity contribution in [3.8, 4) is 0 Å². The van der Waals surface area contributed by atoms with E-state index in [9.17, 15) is 0 Å². The van der Waals surface area contributed by atoms with Gasteiger partial charge in [-0.2, -0.15) is 5.10 Å². The van der Waals surface area contributed by atoms with Gasteiger partial charge < -0.3 is 5.32 Å². The Bertz CT molecular complexity index is 583. The number of rotatable bonds is 7. The van der Waals surface area contributed by atoms with Crippen LogP contribution in [0.3, 0.4) is 0 Å². The first-order valence-corrected chi connectivity index (χ1v) is 8.63.